The van der Waals surface area contributed by atoms with E-state index in [2.05, 4.69) is 11.9 Å². The van der Waals surface area contributed by atoms with Gasteiger partial charge in [-0.25, -0.2) is 4.79 Å². The number of unbranched alkanes of at least 4 members (excludes halogenated alkanes) is 2. The van der Waals surface area contributed by atoms with E-state index in [0.717, 1.165) is 12.8 Å². The van der Waals surface area contributed by atoms with Gasteiger partial charge in [0.25, 0.3) is 0 Å². The molecule has 7 nitrogen and oxygen atoms in total. The van der Waals surface area contributed by atoms with Crippen molar-refractivity contribution in [1.82, 2.24) is 10.0 Å². The zero-order chi connectivity index (χ0) is 15.8. The summed E-state index contributed by atoms with van der Waals surface area (Å²) in [6.07, 6.45) is 2.23. The lowest BCUT2D eigenvalue weighted by atomic mass is 10.2. The predicted molar refractivity (Wildman–Crippen MR) is 75.6 cm³/mol. The van der Waals surface area contributed by atoms with Gasteiger partial charge in [-0.15, -0.1) is 4.73 Å². The van der Waals surface area contributed by atoms with E-state index in [0.29, 0.717) is 23.3 Å². The van der Waals surface area contributed by atoms with Crippen LogP contribution in [-0.2, 0) is 9.59 Å². The van der Waals surface area contributed by atoms with Crippen LogP contribution in [0.5, 0.6) is 11.8 Å². The number of aromatic hydroxyl groups is 2. The second-order valence-electron chi connectivity index (χ2n) is 4.65. The maximum absolute atomic E-state index is 11.5. The highest BCUT2D eigenvalue weighted by molar-refractivity contribution is 5.91. The predicted octanol–water partition coefficient (Wildman–Crippen LogP) is 1.11. The highest BCUT2D eigenvalue weighted by Crippen LogP contribution is 2.18. The molecule has 0 saturated heterocycles. The van der Waals surface area contributed by atoms with E-state index in [4.69, 9.17) is 4.84 Å². The fourth-order valence-electron chi connectivity index (χ4n) is 1.57. The van der Waals surface area contributed by atoms with Gasteiger partial charge in [0, 0.05) is 30.7 Å². The molecule has 3 N–H and O–H groups in total. The van der Waals surface area contributed by atoms with Crippen LogP contribution in [0.2, 0.25) is 0 Å². The van der Waals surface area contributed by atoms with E-state index in [1.807, 2.05) is 0 Å². The minimum absolute atomic E-state index is 0.158. The molecule has 1 aromatic heterocycles. The SMILES string of the molecule is C=C(C)C(=O)NCCCCCC(=O)On1c(O)ccc1O. The summed E-state index contributed by atoms with van der Waals surface area (Å²) in [5.74, 6) is -1.41. The van der Waals surface area contributed by atoms with Gasteiger partial charge in [-0.2, -0.15) is 0 Å². The average molecular weight is 296 g/mol. The molecule has 0 bridgehead atoms. The summed E-state index contributed by atoms with van der Waals surface area (Å²) in [5, 5.41) is 21.3. The molecule has 1 amide bonds. The van der Waals surface area contributed by atoms with Crippen molar-refractivity contribution in [2.24, 2.45) is 0 Å². The van der Waals surface area contributed by atoms with Gasteiger partial charge in [0.1, 0.15) is 0 Å². The molecule has 0 aromatic carbocycles. The quantitative estimate of drug-likeness (QED) is 0.493. The van der Waals surface area contributed by atoms with Crippen LogP contribution in [0.4, 0.5) is 0 Å². The zero-order valence-corrected chi connectivity index (χ0v) is 12.0. The van der Waals surface area contributed by atoms with Gasteiger partial charge in [0.15, 0.2) is 0 Å². The lowest BCUT2D eigenvalue weighted by molar-refractivity contribution is -0.145. The van der Waals surface area contributed by atoms with E-state index >= 15 is 0 Å². The van der Waals surface area contributed by atoms with Crippen LogP contribution in [0.1, 0.15) is 32.6 Å². The third kappa shape index (κ3) is 5.60. The Morgan fingerprint density at radius 3 is 2.43 bits per heavy atom. The van der Waals surface area contributed by atoms with E-state index in [-0.39, 0.29) is 24.1 Å². The molecule has 0 aliphatic carbocycles. The first kappa shape index (κ1) is 16.6. The fourth-order valence-corrected chi connectivity index (χ4v) is 1.57. The fraction of sp³-hybridized carbons (Fsp3) is 0.429. The Labute approximate surface area is 122 Å². The molecule has 0 spiro atoms. The third-order valence-electron chi connectivity index (χ3n) is 2.72. The van der Waals surface area contributed by atoms with Gasteiger partial charge in [-0.05, 0) is 19.8 Å². The number of aromatic nitrogens is 1. The van der Waals surface area contributed by atoms with E-state index < -0.39 is 5.97 Å². The Bertz CT molecular complexity index is 502. The normalized spacial score (nSPS) is 10.1. The van der Waals surface area contributed by atoms with Crippen LogP contribution in [0.15, 0.2) is 24.3 Å². The van der Waals surface area contributed by atoms with Crippen molar-refractivity contribution >= 4 is 11.9 Å². The molecular formula is C14H20N2O5. The number of amides is 1. The summed E-state index contributed by atoms with van der Waals surface area (Å²) in [4.78, 5) is 27.5. The van der Waals surface area contributed by atoms with E-state index in [1.165, 1.54) is 12.1 Å². The Hall–Kier alpha value is -2.44. The van der Waals surface area contributed by atoms with Crippen molar-refractivity contribution in [2.45, 2.75) is 32.6 Å². The Balaban J connectivity index is 2.14. The highest BCUT2D eigenvalue weighted by Gasteiger charge is 2.11. The van der Waals surface area contributed by atoms with Crippen molar-refractivity contribution in [1.29, 1.82) is 0 Å². The molecule has 1 aromatic rings. The molecule has 0 atom stereocenters. The van der Waals surface area contributed by atoms with Gasteiger partial charge in [-0.3, -0.25) is 4.79 Å². The lowest BCUT2D eigenvalue weighted by Crippen LogP contribution is -2.24. The maximum atomic E-state index is 11.5. The van der Waals surface area contributed by atoms with Crippen molar-refractivity contribution in [3.63, 3.8) is 0 Å². The van der Waals surface area contributed by atoms with Crippen molar-refractivity contribution in [2.75, 3.05) is 6.54 Å². The molecule has 0 radical (unpaired) electrons. The third-order valence-corrected chi connectivity index (χ3v) is 2.72. The molecule has 116 valence electrons. The van der Waals surface area contributed by atoms with E-state index in [1.54, 1.807) is 6.92 Å². The molecule has 1 rings (SSSR count). The van der Waals surface area contributed by atoms with Crippen molar-refractivity contribution in [3.8, 4) is 11.8 Å². The van der Waals surface area contributed by atoms with Gasteiger partial charge in [0.05, 0.1) is 0 Å². The molecule has 0 saturated carbocycles. The average Bonchev–Trinajstić information content (AvgIpc) is 2.74. The van der Waals surface area contributed by atoms with E-state index in [9.17, 15) is 19.8 Å². The van der Waals surface area contributed by atoms with Crippen LogP contribution in [0, 0.1) is 0 Å². The van der Waals surface area contributed by atoms with Gasteiger partial charge >= 0.3 is 5.97 Å². The number of rotatable bonds is 8. The minimum Gasteiger partial charge on any atom is -0.492 e. The molecule has 1 heterocycles. The maximum Gasteiger partial charge on any atom is 0.333 e. The Morgan fingerprint density at radius 2 is 1.86 bits per heavy atom. The molecule has 0 aliphatic heterocycles. The molecule has 21 heavy (non-hydrogen) atoms. The van der Waals surface area contributed by atoms with Crippen molar-refractivity contribution in [3.05, 3.63) is 24.3 Å². The first-order chi connectivity index (χ1) is 9.91. The monoisotopic (exact) mass is 296 g/mol. The molecule has 0 fully saturated rings. The number of nitrogens with one attached hydrogen (secondary N) is 1. The van der Waals surface area contributed by atoms with Gasteiger partial charge < -0.3 is 20.4 Å². The number of hydrogen-bond acceptors (Lipinski definition) is 5. The first-order valence-corrected chi connectivity index (χ1v) is 6.66. The summed E-state index contributed by atoms with van der Waals surface area (Å²) in [6, 6.07) is 2.43. The number of nitrogens with zero attached hydrogens (tertiary/aromatic N) is 1. The summed E-state index contributed by atoms with van der Waals surface area (Å²) in [6.45, 7) is 5.69. The van der Waals surface area contributed by atoms with Crippen molar-refractivity contribution < 1.29 is 24.6 Å². The lowest BCUT2D eigenvalue weighted by Gasteiger charge is -2.07. The summed E-state index contributed by atoms with van der Waals surface area (Å²) >= 11 is 0. The van der Waals surface area contributed by atoms with Gasteiger partial charge in [-0.1, -0.05) is 13.0 Å². The van der Waals surface area contributed by atoms with Crippen LogP contribution >= 0.6 is 0 Å². The first-order valence-electron chi connectivity index (χ1n) is 6.66. The molecule has 0 unspecified atom stereocenters. The second-order valence-corrected chi connectivity index (χ2v) is 4.65. The topological polar surface area (TPSA) is 101 Å². The smallest absolute Gasteiger partial charge is 0.333 e. The summed E-state index contributed by atoms with van der Waals surface area (Å²) < 4.78 is 0.662. The summed E-state index contributed by atoms with van der Waals surface area (Å²) in [7, 11) is 0. The minimum atomic E-state index is -0.553. The van der Waals surface area contributed by atoms with Crippen LogP contribution in [0.3, 0.4) is 0 Å². The Morgan fingerprint density at radius 1 is 1.24 bits per heavy atom. The standard InChI is InChI=1S/C14H20N2O5/c1-10(2)14(20)15-9-5-3-4-6-13(19)21-16-11(17)7-8-12(16)18/h7-8,17-18H,1,3-6,9H2,2H3,(H,15,20). The number of carbonyl (C=O) groups excluding carboxylic acids is 2. The van der Waals surface area contributed by atoms with Gasteiger partial charge in [0.2, 0.25) is 17.7 Å². The van der Waals surface area contributed by atoms with Crippen LogP contribution in [0.25, 0.3) is 0 Å². The van der Waals surface area contributed by atoms with Crippen LogP contribution < -0.4 is 10.2 Å². The zero-order valence-electron chi connectivity index (χ0n) is 12.0. The molecule has 7 heteroatoms. The number of carbonyl (C=O) groups is 2. The second kappa shape index (κ2) is 7.98. The molecular weight excluding hydrogens is 276 g/mol. The summed E-state index contributed by atoms with van der Waals surface area (Å²) in [5.41, 5.74) is 0.463. The Kier molecular flexibility index (Phi) is 6.32. The van der Waals surface area contributed by atoms with Crippen LogP contribution in [-0.4, -0.2) is 33.4 Å². The largest absolute Gasteiger partial charge is 0.492 e. The number of hydrogen-bond donors (Lipinski definition) is 3. The highest BCUT2D eigenvalue weighted by atomic mass is 16.7. The molecule has 0 aliphatic rings.